The van der Waals surface area contributed by atoms with Crippen molar-refractivity contribution in [3.05, 3.63) is 77.1 Å². The Balaban J connectivity index is 1.24. The molecule has 0 aliphatic carbocycles. The summed E-state index contributed by atoms with van der Waals surface area (Å²) < 4.78 is 20.5. The van der Waals surface area contributed by atoms with Crippen LogP contribution in [0.5, 0.6) is 0 Å². The van der Waals surface area contributed by atoms with E-state index in [1.165, 1.54) is 17.0 Å². The first kappa shape index (κ1) is 24.4. The number of Topliss-reactive ketones (excluding diaryl/α,β-unsaturated/α-hetero) is 1. The van der Waals surface area contributed by atoms with E-state index in [0.29, 0.717) is 32.9 Å². The molecule has 1 aliphatic heterocycles. The van der Waals surface area contributed by atoms with Crippen LogP contribution in [0.25, 0.3) is 22.2 Å². The van der Waals surface area contributed by atoms with Gasteiger partial charge in [0.25, 0.3) is 0 Å². The molecule has 5 rings (SSSR count). The first-order valence-corrected chi connectivity index (χ1v) is 11.9. The van der Waals surface area contributed by atoms with E-state index in [1.54, 1.807) is 48.5 Å². The molecule has 2 N–H and O–H groups in total. The smallest absolute Gasteiger partial charge is 0.414 e. The number of hydrogen-bond acceptors (Lipinski definition) is 6. The van der Waals surface area contributed by atoms with Gasteiger partial charge in [-0.2, -0.15) is 15.4 Å². The van der Waals surface area contributed by atoms with Gasteiger partial charge < -0.3 is 10.1 Å². The number of hydrogen-bond donors (Lipinski definition) is 2. The number of rotatable bonds is 8. The maximum absolute atomic E-state index is 15.1. The second kappa shape index (κ2) is 10.4. The average molecular weight is 522 g/mol. The summed E-state index contributed by atoms with van der Waals surface area (Å²) in [5.74, 6) is -1.05. The fourth-order valence-corrected chi connectivity index (χ4v) is 4.35. The Morgan fingerprint density at radius 1 is 1.08 bits per heavy atom. The number of anilines is 1. The van der Waals surface area contributed by atoms with Crippen LogP contribution >= 0.6 is 11.6 Å². The van der Waals surface area contributed by atoms with Crippen LogP contribution in [0.3, 0.4) is 0 Å². The van der Waals surface area contributed by atoms with Gasteiger partial charge in [0.15, 0.2) is 5.78 Å². The maximum Gasteiger partial charge on any atom is 0.414 e. The number of ketones is 1. The van der Waals surface area contributed by atoms with Gasteiger partial charge in [-0.15, -0.1) is 0 Å². The summed E-state index contributed by atoms with van der Waals surface area (Å²) in [5.41, 5.74) is 2.51. The number of para-hydroxylation sites is 1. The normalized spacial score (nSPS) is 15.1. The predicted molar refractivity (Wildman–Crippen MR) is 135 cm³/mol. The van der Waals surface area contributed by atoms with E-state index >= 15 is 4.39 Å². The van der Waals surface area contributed by atoms with Crippen molar-refractivity contribution in [2.75, 3.05) is 18.0 Å². The second-order valence-corrected chi connectivity index (χ2v) is 8.92. The van der Waals surface area contributed by atoms with Gasteiger partial charge in [-0.3, -0.25) is 14.5 Å². The topological polar surface area (TPSA) is 117 Å². The van der Waals surface area contributed by atoms with E-state index in [-0.39, 0.29) is 43.2 Å². The zero-order valence-corrected chi connectivity index (χ0v) is 20.2. The molecule has 1 atom stereocenters. The van der Waals surface area contributed by atoms with Gasteiger partial charge in [-0.05, 0) is 42.5 Å². The molecule has 1 saturated heterocycles. The fraction of sp³-hybridized carbons (Fsp3) is 0.192. The molecule has 0 unspecified atom stereocenters. The lowest BCUT2D eigenvalue weighted by molar-refractivity contribution is -0.121. The van der Waals surface area contributed by atoms with Crippen molar-refractivity contribution in [3.63, 3.8) is 0 Å². The largest absolute Gasteiger partial charge is 0.442 e. The predicted octanol–water partition coefficient (Wildman–Crippen LogP) is 4.52. The summed E-state index contributed by atoms with van der Waals surface area (Å²) in [6.45, 7) is 0.161. The standard InChI is InChI=1S/C26H21ClFN5O4/c27-16-9-7-15(8-10-16)22(34)11-12-23(35)29-13-17-14-33(26(36)37-17)21-6-2-4-19(28)24(21)18-3-1-5-20-25(18)31-32-30-20/h1-10,17H,11-14H2,(H,29,35)(H,30,31,32)/t17-/m0/s1. The average Bonchev–Trinajstić information content (AvgIpc) is 3.53. The Kier molecular flexibility index (Phi) is 6.82. The maximum atomic E-state index is 15.1. The van der Waals surface area contributed by atoms with E-state index in [9.17, 15) is 14.4 Å². The fourth-order valence-electron chi connectivity index (χ4n) is 4.22. The number of aromatic amines is 1. The molecular formula is C26H21ClFN5O4. The molecule has 0 radical (unpaired) electrons. The van der Waals surface area contributed by atoms with Gasteiger partial charge in [0.1, 0.15) is 23.0 Å². The van der Waals surface area contributed by atoms with Gasteiger partial charge in [0, 0.05) is 34.6 Å². The quantitative estimate of drug-likeness (QED) is 0.329. The summed E-state index contributed by atoms with van der Waals surface area (Å²) in [6.07, 6.45) is -1.29. The zero-order valence-electron chi connectivity index (χ0n) is 19.4. The SMILES string of the molecule is O=C(CCC(=O)c1ccc(Cl)cc1)NC[C@H]1CN(c2cccc(F)c2-c2cccc3n[nH]nc23)C(=O)O1. The number of nitrogens with one attached hydrogen (secondary N) is 2. The Labute approximate surface area is 215 Å². The Morgan fingerprint density at radius 3 is 2.68 bits per heavy atom. The molecule has 0 bridgehead atoms. The molecule has 0 spiro atoms. The van der Waals surface area contributed by atoms with E-state index < -0.39 is 18.0 Å². The van der Waals surface area contributed by atoms with Crippen LogP contribution in [-0.4, -0.2) is 52.4 Å². The molecule has 2 heterocycles. The number of aromatic nitrogens is 3. The van der Waals surface area contributed by atoms with Crippen molar-refractivity contribution in [2.45, 2.75) is 18.9 Å². The molecule has 2 amide bonds. The van der Waals surface area contributed by atoms with Crippen molar-refractivity contribution in [2.24, 2.45) is 0 Å². The van der Waals surface area contributed by atoms with Gasteiger partial charge in [-0.1, -0.05) is 29.8 Å². The molecule has 1 aromatic heterocycles. The highest BCUT2D eigenvalue weighted by Gasteiger charge is 2.35. The molecule has 188 valence electrons. The molecule has 37 heavy (non-hydrogen) atoms. The number of amides is 2. The first-order chi connectivity index (χ1) is 17.9. The molecule has 1 aliphatic rings. The number of ether oxygens (including phenoxy) is 1. The third-order valence-electron chi connectivity index (χ3n) is 6.05. The lowest BCUT2D eigenvalue weighted by Gasteiger charge is -2.18. The minimum Gasteiger partial charge on any atom is -0.442 e. The number of fused-ring (bicyclic) bond motifs is 1. The van der Waals surface area contributed by atoms with Gasteiger partial charge >= 0.3 is 6.09 Å². The molecule has 0 saturated carbocycles. The van der Waals surface area contributed by atoms with Gasteiger partial charge in [0.2, 0.25) is 5.91 Å². The van der Waals surface area contributed by atoms with Crippen molar-refractivity contribution in [1.29, 1.82) is 0 Å². The Bertz CT molecular complexity index is 1490. The number of cyclic esters (lactones) is 1. The highest BCUT2D eigenvalue weighted by atomic mass is 35.5. The monoisotopic (exact) mass is 521 g/mol. The Morgan fingerprint density at radius 2 is 1.86 bits per heavy atom. The number of benzene rings is 3. The van der Waals surface area contributed by atoms with Crippen LogP contribution < -0.4 is 10.2 Å². The first-order valence-electron chi connectivity index (χ1n) is 11.5. The molecular weight excluding hydrogens is 501 g/mol. The van der Waals surface area contributed by atoms with E-state index in [0.717, 1.165) is 0 Å². The molecule has 1 fully saturated rings. The van der Waals surface area contributed by atoms with Crippen LogP contribution in [0.4, 0.5) is 14.9 Å². The van der Waals surface area contributed by atoms with Gasteiger partial charge in [-0.25, -0.2) is 9.18 Å². The summed E-state index contributed by atoms with van der Waals surface area (Å²) in [5, 5.41) is 13.9. The van der Waals surface area contributed by atoms with Crippen LogP contribution in [0.15, 0.2) is 60.7 Å². The zero-order chi connectivity index (χ0) is 25.9. The van der Waals surface area contributed by atoms with Crippen molar-refractivity contribution >= 4 is 46.1 Å². The van der Waals surface area contributed by atoms with E-state index in [4.69, 9.17) is 16.3 Å². The number of carbonyl (C=O) groups excluding carboxylic acids is 3. The highest BCUT2D eigenvalue weighted by Crippen LogP contribution is 2.38. The number of H-pyrrole nitrogens is 1. The van der Waals surface area contributed by atoms with Crippen LogP contribution in [0.1, 0.15) is 23.2 Å². The number of halogens is 2. The van der Waals surface area contributed by atoms with Crippen molar-refractivity contribution in [1.82, 2.24) is 20.7 Å². The van der Waals surface area contributed by atoms with Crippen LogP contribution in [0, 0.1) is 5.82 Å². The van der Waals surface area contributed by atoms with Crippen LogP contribution in [-0.2, 0) is 9.53 Å². The number of nitrogens with zero attached hydrogens (tertiary/aromatic N) is 3. The lowest BCUT2D eigenvalue weighted by Crippen LogP contribution is -2.34. The lowest BCUT2D eigenvalue weighted by atomic mass is 10.0. The third kappa shape index (κ3) is 5.14. The highest BCUT2D eigenvalue weighted by molar-refractivity contribution is 6.30. The summed E-state index contributed by atoms with van der Waals surface area (Å²) >= 11 is 5.83. The molecule has 4 aromatic rings. The molecule has 9 nitrogen and oxygen atoms in total. The van der Waals surface area contributed by atoms with E-state index in [2.05, 4.69) is 20.7 Å². The molecule has 3 aromatic carbocycles. The second-order valence-electron chi connectivity index (χ2n) is 8.48. The summed E-state index contributed by atoms with van der Waals surface area (Å²) in [7, 11) is 0. The van der Waals surface area contributed by atoms with Crippen molar-refractivity contribution < 1.29 is 23.5 Å². The summed E-state index contributed by atoms with van der Waals surface area (Å²) in [4.78, 5) is 38.6. The third-order valence-corrected chi connectivity index (χ3v) is 6.30. The Hall–Kier alpha value is -4.31. The number of carbonyl (C=O) groups is 3. The van der Waals surface area contributed by atoms with Crippen molar-refractivity contribution in [3.8, 4) is 11.1 Å². The summed E-state index contributed by atoms with van der Waals surface area (Å²) in [6, 6.07) is 16.1. The van der Waals surface area contributed by atoms with E-state index in [1.807, 2.05) is 0 Å². The van der Waals surface area contributed by atoms with Gasteiger partial charge in [0.05, 0.1) is 18.8 Å². The van der Waals surface area contributed by atoms with Crippen LogP contribution in [0.2, 0.25) is 5.02 Å². The minimum atomic E-state index is -0.656. The molecule has 11 heteroatoms. The minimum absolute atomic E-state index is 0.0123.